The van der Waals surface area contributed by atoms with Crippen molar-refractivity contribution in [1.29, 1.82) is 0 Å². The van der Waals surface area contributed by atoms with Crippen molar-refractivity contribution >= 4 is 15.9 Å². The van der Waals surface area contributed by atoms with Crippen molar-refractivity contribution in [3.05, 3.63) is 11.4 Å². The van der Waals surface area contributed by atoms with Crippen LogP contribution in [0.4, 0.5) is 0 Å². The highest BCUT2D eigenvalue weighted by atomic mass is 31.2. The smallest absolute Gasteiger partial charge is 0.259 e. The van der Waals surface area contributed by atoms with Crippen LogP contribution in [0.3, 0.4) is 0 Å². The van der Waals surface area contributed by atoms with Crippen LogP contribution in [0, 0.1) is 12.5 Å². The third kappa shape index (κ3) is 7.45. The SMILES string of the molecule is [2H]C[C@H]1O[C@H]([3H])C[C@@H]1O[P@@]1(=O)CCC[C@H]([C@H]2O[C@H]([3H])C[C@@H]2OP(OCC[N+]#[C-])N(C(C)C)C(C)C)C1. The van der Waals surface area contributed by atoms with E-state index in [0.717, 1.165) is 12.8 Å². The zero-order valence-electron chi connectivity index (χ0n) is 23.3. The van der Waals surface area contributed by atoms with Crippen LogP contribution in [-0.2, 0) is 27.6 Å². The molecular weight excluding hydrogens is 462 g/mol. The first kappa shape index (κ1) is 23.3. The molecule has 10 heteroatoms. The summed E-state index contributed by atoms with van der Waals surface area (Å²) < 4.78 is 70.0. The zero-order valence-corrected chi connectivity index (χ0v) is 22.1. The Balaban J connectivity index is 1.72. The summed E-state index contributed by atoms with van der Waals surface area (Å²) in [6.45, 7) is 14.4. The van der Waals surface area contributed by atoms with E-state index >= 15 is 0 Å². The van der Waals surface area contributed by atoms with Crippen molar-refractivity contribution in [3.63, 3.8) is 0 Å². The van der Waals surface area contributed by atoms with E-state index in [-0.39, 0.29) is 44.2 Å². The van der Waals surface area contributed by atoms with Gasteiger partial charge < -0.3 is 27.9 Å². The highest BCUT2D eigenvalue weighted by molar-refractivity contribution is 7.59. The van der Waals surface area contributed by atoms with Gasteiger partial charge in [0.1, 0.15) is 6.61 Å². The predicted molar refractivity (Wildman–Crippen MR) is 131 cm³/mol. The summed E-state index contributed by atoms with van der Waals surface area (Å²) in [4.78, 5) is 3.39. The highest BCUT2D eigenvalue weighted by Crippen LogP contribution is 2.57. The van der Waals surface area contributed by atoms with Crippen LogP contribution in [-0.4, -0.2) is 79.8 Å². The molecule has 0 aliphatic carbocycles. The van der Waals surface area contributed by atoms with E-state index < -0.39 is 47.4 Å². The van der Waals surface area contributed by atoms with Crippen molar-refractivity contribution in [2.24, 2.45) is 5.92 Å². The van der Waals surface area contributed by atoms with Gasteiger partial charge in [-0.15, -0.1) is 0 Å². The second-order valence-electron chi connectivity index (χ2n) is 9.51. The van der Waals surface area contributed by atoms with Crippen LogP contribution in [0.2, 0.25) is 0 Å². The molecule has 190 valence electrons. The lowest BCUT2D eigenvalue weighted by atomic mass is 9.95. The van der Waals surface area contributed by atoms with E-state index in [0.29, 0.717) is 25.2 Å². The van der Waals surface area contributed by atoms with Crippen molar-refractivity contribution in [1.82, 2.24) is 4.67 Å². The van der Waals surface area contributed by atoms with E-state index in [1.165, 1.54) is 0 Å². The first-order chi connectivity index (χ1) is 17.1. The molecule has 0 saturated carbocycles. The molecule has 3 saturated heterocycles. The molecule has 9 atom stereocenters. The van der Waals surface area contributed by atoms with Gasteiger partial charge in [0.2, 0.25) is 13.9 Å². The summed E-state index contributed by atoms with van der Waals surface area (Å²) in [6, 6.07) is 0.332. The van der Waals surface area contributed by atoms with E-state index in [2.05, 4.69) is 37.2 Å². The lowest BCUT2D eigenvalue weighted by Gasteiger charge is -2.39. The van der Waals surface area contributed by atoms with Crippen LogP contribution >= 0.6 is 15.9 Å². The van der Waals surface area contributed by atoms with E-state index in [1.54, 1.807) is 0 Å². The Morgan fingerprint density at radius 3 is 2.67 bits per heavy atom. The van der Waals surface area contributed by atoms with Gasteiger partial charge >= 0.3 is 0 Å². The number of ether oxygens (including phenoxy) is 2. The summed E-state index contributed by atoms with van der Waals surface area (Å²) >= 11 is 0. The molecule has 1 unspecified atom stereocenters. The molecule has 0 N–H and O–H groups in total. The number of rotatable bonds is 11. The Kier molecular flexibility index (Phi) is 9.01. The van der Waals surface area contributed by atoms with Crippen LogP contribution in [0.1, 0.15) is 64.4 Å². The molecule has 8 nitrogen and oxygen atoms in total. The molecule has 3 aliphatic rings. The first-order valence-corrected chi connectivity index (χ1v) is 15.1. The fraction of sp³-hybridized carbons (Fsp3) is 0.957. The van der Waals surface area contributed by atoms with Crippen molar-refractivity contribution in [3.8, 4) is 0 Å². The quantitative estimate of drug-likeness (QED) is 0.212. The highest BCUT2D eigenvalue weighted by Gasteiger charge is 2.45. The normalized spacial score (nSPS) is 41.8. The molecule has 0 aromatic carbocycles. The Hall–Kier alpha value is -0.0900. The molecule has 3 fully saturated rings. The Morgan fingerprint density at radius 2 is 1.97 bits per heavy atom. The summed E-state index contributed by atoms with van der Waals surface area (Å²) in [5, 5.41) is 0. The average Bonchev–Trinajstić information content (AvgIpc) is 3.33. The predicted octanol–water partition coefficient (Wildman–Crippen LogP) is 5.32. The maximum Gasteiger partial charge on any atom is 0.259 e. The molecule has 0 aromatic rings. The first-order valence-electron chi connectivity index (χ1n) is 13.9. The Labute approximate surface area is 205 Å². The van der Waals surface area contributed by atoms with E-state index in [9.17, 15) is 4.57 Å². The summed E-state index contributed by atoms with van der Waals surface area (Å²) in [5.74, 6) is -0.0832. The maximum atomic E-state index is 13.8. The molecule has 0 radical (unpaired) electrons. The molecule has 3 aliphatic heterocycles. The minimum absolute atomic E-state index is 0.0229. The molecule has 3 rings (SSSR count). The summed E-state index contributed by atoms with van der Waals surface area (Å²) in [7, 11) is -4.49. The van der Waals surface area contributed by atoms with Crippen molar-refractivity contribution in [2.75, 3.05) is 38.6 Å². The largest absolute Gasteiger partial charge is 0.376 e. The van der Waals surface area contributed by atoms with Gasteiger partial charge in [0.15, 0.2) is 0 Å². The van der Waals surface area contributed by atoms with Crippen molar-refractivity contribution < 1.29 is 31.7 Å². The lowest BCUT2D eigenvalue weighted by molar-refractivity contribution is 0.00525. The molecule has 0 aromatic heterocycles. The van der Waals surface area contributed by atoms with Gasteiger partial charge in [-0.1, -0.05) is 0 Å². The molecule has 0 spiro atoms. The second-order valence-corrected chi connectivity index (χ2v) is 13.6. The maximum absolute atomic E-state index is 13.8. The average molecular weight is 510 g/mol. The second kappa shape index (κ2) is 12.7. The molecular formula is C23H42N2O6P2. The van der Waals surface area contributed by atoms with Crippen LogP contribution in [0.25, 0.3) is 4.85 Å². The minimum atomic E-state index is -3.01. The topological polar surface area (TPSA) is 70.8 Å². The minimum Gasteiger partial charge on any atom is -0.376 e. The van der Waals surface area contributed by atoms with Crippen LogP contribution in [0.5, 0.6) is 0 Å². The monoisotopic (exact) mass is 509 g/mol. The Bertz CT molecular complexity index is 783. The standard InChI is InChI=1S/C23H42N2O6P2/c1-17(2)25(18(3)4)32(29-14-11-24-6)30-22-10-13-28-23(22)20-8-7-15-33(26,16-20)31-21-9-12-27-19(21)5/h17-23H,7-16H2,1-5H3/t19-,20+,21+,22+,23-,32?,33+/m1/s1/i5D,12T,13T/t12-,13-,19-,20+,21+,22+,23-,32?,33+. The third-order valence-electron chi connectivity index (χ3n) is 6.22. The van der Waals surface area contributed by atoms with Gasteiger partial charge in [-0.3, -0.25) is 4.57 Å². The van der Waals surface area contributed by atoms with Gasteiger partial charge in [-0.05, 0) is 66.2 Å². The Morgan fingerprint density at radius 1 is 1.24 bits per heavy atom. The van der Waals surface area contributed by atoms with Gasteiger partial charge in [-0.25, -0.2) is 11.2 Å². The molecule has 33 heavy (non-hydrogen) atoms. The van der Waals surface area contributed by atoms with Crippen molar-refractivity contribution in [2.45, 2.75) is 96.8 Å². The molecule has 3 heterocycles. The van der Waals surface area contributed by atoms with Gasteiger partial charge in [0, 0.05) is 38.9 Å². The summed E-state index contributed by atoms with van der Waals surface area (Å²) in [6.07, 6.45) is 1.27. The fourth-order valence-electron chi connectivity index (χ4n) is 4.78. The number of nitrogens with zero attached hydrogens (tertiary/aromatic N) is 2. The number of hydrogen-bond donors (Lipinski definition) is 0. The molecule has 0 amide bonds. The van der Waals surface area contributed by atoms with E-state index in [1.807, 2.05) is 0 Å². The van der Waals surface area contributed by atoms with Gasteiger partial charge in [-0.2, -0.15) is 0 Å². The zero-order chi connectivity index (χ0) is 26.5. The number of hydrogen-bond acceptors (Lipinski definition) is 7. The summed E-state index contributed by atoms with van der Waals surface area (Å²) in [5.41, 5.74) is 0. The third-order valence-corrected chi connectivity index (χ3v) is 11.1. The van der Waals surface area contributed by atoms with Crippen LogP contribution < -0.4 is 0 Å². The lowest BCUT2D eigenvalue weighted by Crippen LogP contribution is -2.39. The van der Waals surface area contributed by atoms with Gasteiger partial charge in [0.25, 0.3) is 8.53 Å². The molecule has 0 bridgehead atoms. The van der Waals surface area contributed by atoms with Crippen LogP contribution in [0.15, 0.2) is 0 Å². The van der Waals surface area contributed by atoms with Gasteiger partial charge in [0.05, 0.1) is 27.2 Å². The fourth-order valence-corrected chi connectivity index (χ4v) is 9.37. The van der Waals surface area contributed by atoms with E-state index in [4.69, 9.17) is 33.7 Å².